The highest BCUT2D eigenvalue weighted by molar-refractivity contribution is 6.30. The van der Waals surface area contributed by atoms with Crippen molar-refractivity contribution in [2.45, 2.75) is 19.0 Å². The van der Waals surface area contributed by atoms with Gasteiger partial charge in [0.05, 0.1) is 12.6 Å². The lowest BCUT2D eigenvalue weighted by Crippen LogP contribution is -2.27. The molecule has 2 atom stereocenters. The Labute approximate surface area is 134 Å². The van der Waals surface area contributed by atoms with E-state index in [0.29, 0.717) is 5.02 Å². The molecule has 116 valence electrons. The van der Waals surface area contributed by atoms with Crippen LogP contribution in [0, 0.1) is 0 Å². The molecule has 2 aromatic carbocycles. The third-order valence-corrected chi connectivity index (χ3v) is 4.05. The Morgan fingerprint density at radius 1 is 1.09 bits per heavy atom. The van der Waals surface area contributed by atoms with Crippen molar-refractivity contribution in [1.82, 2.24) is 5.32 Å². The van der Waals surface area contributed by atoms with E-state index in [0.717, 1.165) is 22.6 Å². The molecular weight excluding hydrogens is 302 g/mol. The average molecular weight is 320 g/mol. The normalized spacial score (nSPS) is 15.6. The van der Waals surface area contributed by atoms with Crippen LogP contribution in [-0.2, 0) is 0 Å². The predicted molar refractivity (Wildman–Crippen MR) is 85.4 cm³/mol. The quantitative estimate of drug-likeness (QED) is 0.886. The minimum atomic E-state index is -0.155. The standard InChI is InChI=1S/C17H18ClNO3/c1-11(13-4-7-16-17(8-13)22-10-21-16)19-15(9-20)12-2-5-14(18)6-3-12/h2-8,11,15,19-20H,9-10H2,1H3. The Morgan fingerprint density at radius 3 is 2.50 bits per heavy atom. The van der Waals surface area contributed by atoms with Gasteiger partial charge in [-0.15, -0.1) is 0 Å². The summed E-state index contributed by atoms with van der Waals surface area (Å²) in [5.41, 5.74) is 2.08. The van der Waals surface area contributed by atoms with Gasteiger partial charge in [-0.25, -0.2) is 0 Å². The van der Waals surface area contributed by atoms with Crippen molar-refractivity contribution in [2.75, 3.05) is 13.4 Å². The lowest BCUT2D eigenvalue weighted by molar-refractivity contribution is 0.174. The summed E-state index contributed by atoms with van der Waals surface area (Å²) in [7, 11) is 0. The maximum atomic E-state index is 9.66. The van der Waals surface area contributed by atoms with Gasteiger partial charge < -0.3 is 19.9 Å². The van der Waals surface area contributed by atoms with Crippen LogP contribution in [0.15, 0.2) is 42.5 Å². The molecule has 2 aromatic rings. The summed E-state index contributed by atoms with van der Waals surface area (Å²) in [5, 5.41) is 13.8. The maximum absolute atomic E-state index is 9.66. The molecule has 0 bridgehead atoms. The molecule has 1 aliphatic rings. The number of rotatable bonds is 5. The fraction of sp³-hybridized carbons (Fsp3) is 0.294. The molecule has 0 saturated carbocycles. The summed E-state index contributed by atoms with van der Waals surface area (Å²) >= 11 is 5.91. The van der Waals surface area contributed by atoms with E-state index in [2.05, 4.69) is 12.2 Å². The molecule has 1 heterocycles. The molecular formula is C17H18ClNO3. The van der Waals surface area contributed by atoms with Crippen LogP contribution in [0.25, 0.3) is 0 Å². The number of ether oxygens (including phenoxy) is 2. The molecule has 0 amide bonds. The average Bonchev–Trinajstić information content (AvgIpc) is 3.01. The minimum Gasteiger partial charge on any atom is -0.454 e. The van der Waals surface area contributed by atoms with Crippen LogP contribution in [-0.4, -0.2) is 18.5 Å². The van der Waals surface area contributed by atoms with Crippen molar-refractivity contribution in [3.05, 3.63) is 58.6 Å². The maximum Gasteiger partial charge on any atom is 0.231 e. The van der Waals surface area contributed by atoms with E-state index in [4.69, 9.17) is 21.1 Å². The van der Waals surface area contributed by atoms with E-state index < -0.39 is 0 Å². The van der Waals surface area contributed by atoms with E-state index in [1.807, 2.05) is 42.5 Å². The van der Waals surface area contributed by atoms with E-state index in [1.165, 1.54) is 0 Å². The van der Waals surface area contributed by atoms with Crippen molar-refractivity contribution in [3.63, 3.8) is 0 Å². The molecule has 1 aliphatic heterocycles. The molecule has 0 aliphatic carbocycles. The fourth-order valence-corrected chi connectivity index (χ4v) is 2.66. The Morgan fingerprint density at radius 2 is 1.77 bits per heavy atom. The van der Waals surface area contributed by atoms with Crippen LogP contribution in [0.4, 0.5) is 0 Å². The largest absolute Gasteiger partial charge is 0.454 e. The van der Waals surface area contributed by atoms with Gasteiger partial charge in [0, 0.05) is 11.1 Å². The van der Waals surface area contributed by atoms with Crippen LogP contribution >= 0.6 is 11.6 Å². The predicted octanol–water partition coefficient (Wildman–Crippen LogP) is 3.45. The van der Waals surface area contributed by atoms with Gasteiger partial charge in [0.1, 0.15) is 0 Å². The molecule has 0 spiro atoms. The number of hydrogen-bond donors (Lipinski definition) is 2. The van der Waals surface area contributed by atoms with E-state index in [-0.39, 0.29) is 25.5 Å². The monoisotopic (exact) mass is 319 g/mol. The zero-order valence-corrected chi connectivity index (χ0v) is 13.0. The van der Waals surface area contributed by atoms with Crippen molar-refractivity contribution in [3.8, 4) is 11.5 Å². The lowest BCUT2D eigenvalue weighted by Gasteiger charge is -2.22. The van der Waals surface area contributed by atoms with Gasteiger partial charge in [-0.1, -0.05) is 29.8 Å². The molecule has 2 unspecified atom stereocenters. The highest BCUT2D eigenvalue weighted by Gasteiger charge is 2.18. The first-order valence-corrected chi connectivity index (χ1v) is 7.57. The van der Waals surface area contributed by atoms with Crippen molar-refractivity contribution in [1.29, 1.82) is 0 Å². The Hall–Kier alpha value is -1.75. The summed E-state index contributed by atoms with van der Waals surface area (Å²) in [6.45, 7) is 2.33. The fourth-order valence-electron chi connectivity index (χ4n) is 2.53. The smallest absolute Gasteiger partial charge is 0.231 e. The van der Waals surface area contributed by atoms with E-state index in [1.54, 1.807) is 0 Å². The van der Waals surface area contributed by atoms with Gasteiger partial charge in [-0.05, 0) is 42.3 Å². The molecule has 5 heteroatoms. The number of halogens is 1. The minimum absolute atomic E-state index is 0.0104. The molecule has 0 radical (unpaired) electrons. The van der Waals surface area contributed by atoms with Gasteiger partial charge in [-0.3, -0.25) is 0 Å². The Kier molecular flexibility index (Phi) is 4.52. The van der Waals surface area contributed by atoms with Crippen molar-refractivity contribution >= 4 is 11.6 Å². The Bertz CT molecular complexity index is 645. The van der Waals surface area contributed by atoms with Crippen LogP contribution in [0.1, 0.15) is 30.1 Å². The molecule has 0 saturated heterocycles. The summed E-state index contributed by atoms with van der Waals surface area (Å²) in [4.78, 5) is 0. The second-order valence-electron chi connectivity index (χ2n) is 5.29. The van der Waals surface area contributed by atoms with Gasteiger partial charge in [0.15, 0.2) is 11.5 Å². The van der Waals surface area contributed by atoms with E-state index in [9.17, 15) is 5.11 Å². The van der Waals surface area contributed by atoms with Crippen LogP contribution in [0.5, 0.6) is 11.5 Å². The summed E-state index contributed by atoms with van der Waals surface area (Å²) < 4.78 is 10.7. The van der Waals surface area contributed by atoms with E-state index >= 15 is 0 Å². The third kappa shape index (κ3) is 3.19. The number of aliphatic hydroxyl groups excluding tert-OH is 1. The third-order valence-electron chi connectivity index (χ3n) is 3.80. The van der Waals surface area contributed by atoms with Crippen LogP contribution < -0.4 is 14.8 Å². The zero-order chi connectivity index (χ0) is 15.5. The zero-order valence-electron chi connectivity index (χ0n) is 12.3. The summed E-state index contributed by atoms with van der Waals surface area (Å²) in [6, 6.07) is 13.3. The second kappa shape index (κ2) is 6.57. The molecule has 0 aromatic heterocycles. The van der Waals surface area contributed by atoms with Crippen LogP contribution in [0.2, 0.25) is 5.02 Å². The SMILES string of the molecule is CC(NC(CO)c1ccc(Cl)cc1)c1ccc2c(c1)OCO2. The highest BCUT2D eigenvalue weighted by atomic mass is 35.5. The summed E-state index contributed by atoms with van der Waals surface area (Å²) in [5.74, 6) is 1.53. The number of aliphatic hydroxyl groups is 1. The Balaban J connectivity index is 1.74. The van der Waals surface area contributed by atoms with Crippen molar-refractivity contribution in [2.24, 2.45) is 0 Å². The molecule has 4 nitrogen and oxygen atoms in total. The first kappa shape index (κ1) is 15.2. The van der Waals surface area contributed by atoms with Crippen molar-refractivity contribution < 1.29 is 14.6 Å². The summed E-state index contributed by atoms with van der Waals surface area (Å²) in [6.07, 6.45) is 0. The molecule has 22 heavy (non-hydrogen) atoms. The topological polar surface area (TPSA) is 50.7 Å². The first-order valence-electron chi connectivity index (χ1n) is 7.19. The van der Waals surface area contributed by atoms with Gasteiger partial charge in [-0.2, -0.15) is 0 Å². The first-order chi connectivity index (χ1) is 10.7. The molecule has 2 N–H and O–H groups in total. The number of fused-ring (bicyclic) bond motifs is 1. The number of hydrogen-bond acceptors (Lipinski definition) is 4. The van der Waals surface area contributed by atoms with Gasteiger partial charge >= 0.3 is 0 Å². The molecule has 0 fully saturated rings. The molecule has 3 rings (SSSR count). The number of benzene rings is 2. The number of nitrogens with one attached hydrogen (secondary N) is 1. The highest BCUT2D eigenvalue weighted by Crippen LogP contribution is 2.34. The van der Waals surface area contributed by atoms with Gasteiger partial charge in [0.25, 0.3) is 0 Å². The van der Waals surface area contributed by atoms with Crippen LogP contribution in [0.3, 0.4) is 0 Å². The van der Waals surface area contributed by atoms with Gasteiger partial charge in [0.2, 0.25) is 6.79 Å². The second-order valence-corrected chi connectivity index (χ2v) is 5.72. The lowest BCUT2D eigenvalue weighted by atomic mass is 10.0.